The summed E-state index contributed by atoms with van der Waals surface area (Å²) in [5.41, 5.74) is 0.936. The van der Waals surface area contributed by atoms with Crippen molar-refractivity contribution in [2.45, 2.75) is 31.1 Å². The summed E-state index contributed by atoms with van der Waals surface area (Å²) in [5.74, 6) is -1.05. The summed E-state index contributed by atoms with van der Waals surface area (Å²) >= 11 is 0. The lowest BCUT2D eigenvalue weighted by Crippen LogP contribution is -2.41. The van der Waals surface area contributed by atoms with Crippen LogP contribution in [0.1, 0.15) is 26.2 Å². The molecule has 0 aromatic heterocycles. The number of piperidine rings is 1. The first-order chi connectivity index (χ1) is 15.1. The van der Waals surface area contributed by atoms with Crippen LogP contribution in [0.2, 0.25) is 0 Å². The first-order valence-corrected chi connectivity index (χ1v) is 13.4. The van der Waals surface area contributed by atoms with Crippen molar-refractivity contribution in [2.75, 3.05) is 28.9 Å². The number of hydrogen-bond donors (Lipinski definition) is 2. The lowest BCUT2D eigenvalue weighted by molar-refractivity contribution is -0.120. The molecule has 0 saturated carbocycles. The number of halogens is 1. The van der Waals surface area contributed by atoms with Crippen LogP contribution in [0.25, 0.3) is 0 Å². The van der Waals surface area contributed by atoms with Gasteiger partial charge in [-0.1, -0.05) is 6.92 Å². The lowest BCUT2D eigenvalue weighted by Gasteiger charge is -2.30. The molecule has 1 aliphatic heterocycles. The molecule has 0 spiro atoms. The second-order valence-corrected chi connectivity index (χ2v) is 11.4. The van der Waals surface area contributed by atoms with E-state index in [9.17, 15) is 26.0 Å². The maximum absolute atomic E-state index is 13.1. The Balaban J connectivity index is 1.55. The third-order valence-electron chi connectivity index (χ3n) is 5.17. The third kappa shape index (κ3) is 6.05. The van der Waals surface area contributed by atoms with Gasteiger partial charge in [0.25, 0.3) is 0 Å². The summed E-state index contributed by atoms with van der Waals surface area (Å²) in [4.78, 5) is 12.6. The zero-order valence-electron chi connectivity index (χ0n) is 17.6. The molecule has 1 fully saturated rings. The van der Waals surface area contributed by atoms with Gasteiger partial charge in [-0.3, -0.25) is 9.52 Å². The molecule has 1 aliphatic rings. The third-order valence-corrected chi connectivity index (χ3v) is 8.58. The van der Waals surface area contributed by atoms with Gasteiger partial charge in [-0.05, 0) is 67.8 Å². The van der Waals surface area contributed by atoms with Crippen molar-refractivity contribution in [1.82, 2.24) is 4.31 Å². The Labute approximate surface area is 187 Å². The van der Waals surface area contributed by atoms with Crippen molar-refractivity contribution >= 4 is 37.3 Å². The van der Waals surface area contributed by atoms with E-state index in [1.54, 1.807) is 31.2 Å². The minimum Gasteiger partial charge on any atom is -0.326 e. The van der Waals surface area contributed by atoms with Crippen LogP contribution >= 0.6 is 0 Å². The van der Waals surface area contributed by atoms with E-state index < -0.39 is 25.9 Å². The van der Waals surface area contributed by atoms with E-state index in [1.165, 1.54) is 16.4 Å². The fraction of sp³-hybridized carbons (Fsp3) is 0.381. The highest BCUT2D eigenvalue weighted by molar-refractivity contribution is 7.92. The van der Waals surface area contributed by atoms with Crippen LogP contribution in [0, 0.1) is 11.7 Å². The van der Waals surface area contributed by atoms with Gasteiger partial charge in [-0.25, -0.2) is 21.2 Å². The van der Waals surface area contributed by atoms with Gasteiger partial charge in [0.1, 0.15) is 5.82 Å². The fourth-order valence-corrected chi connectivity index (χ4v) is 6.08. The molecule has 8 nitrogen and oxygen atoms in total. The molecule has 174 valence electrons. The number of rotatable bonds is 8. The summed E-state index contributed by atoms with van der Waals surface area (Å²) in [6, 6.07) is 11.0. The number of sulfonamides is 2. The number of nitrogens with one attached hydrogen (secondary N) is 2. The summed E-state index contributed by atoms with van der Waals surface area (Å²) in [5, 5.41) is 2.79. The quantitative estimate of drug-likeness (QED) is 0.599. The first-order valence-electron chi connectivity index (χ1n) is 10.3. The van der Waals surface area contributed by atoms with Gasteiger partial charge in [-0.15, -0.1) is 0 Å². The van der Waals surface area contributed by atoms with Gasteiger partial charge in [0.2, 0.25) is 26.0 Å². The Bertz CT molecular complexity index is 1140. The molecule has 1 heterocycles. The topological polar surface area (TPSA) is 113 Å². The van der Waals surface area contributed by atoms with Gasteiger partial charge < -0.3 is 5.32 Å². The van der Waals surface area contributed by atoms with Crippen LogP contribution in [-0.4, -0.2) is 45.9 Å². The van der Waals surface area contributed by atoms with E-state index in [0.717, 1.165) is 12.1 Å². The Kier molecular flexibility index (Phi) is 7.52. The van der Waals surface area contributed by atoms with Gasteiger partial charge in [0.15, 0.2) is 0 Å². The molecule has 32 heavy (non-hydrogen) atoms. The maximum Gasteiger partial charge on any atom is 0.243 e. The zero-order valence-corrected chi connectivity index (χ0v) is 19.3. The van der Waals surface area contributed by atoms with Crippen molar-refractivity contribution in [3.63, 3.8) is 0 Å². The van der Waals surface area contributed by atoms with Crippen LogP contribution < -0.4 is 10.0 Å². The average molecular weight is 484 g/mol. The number of amides is 1. The highest BCUT2D eigenvalue weighted by Gasteiger charge is 2.32. The molecule has 2 N–H and O–H groups in total. The summed E-state index contributed by atoms with van der Waals surface area (Å²) in [6.07, 6.45) is 1.23. The van der Waals surface area contributed by atoms with E-state index in [-0.39, 0.29) is 35.6 Å². The number of anilines is 2. The minimum absolute atomic E-state index is 0.0245. The molecule has 2 aromatic rings. The molecule has 3 rings (SSSR count). The molecule has 0 aliphatic carbocycles. The number of carbonyl (C=O) groups is 1. The van der Waals surface area contributed by atoms with Crippen LogP contribution in [0.4, 0.5) is 15.8 Å². The van der Waals surface area contributed by atoms with E-state index >= 15 is 0 Å². The molecule has 2 aromatic carbocycles. The van der Waals surface area contributed by atoms with Crippen LogP contribution in [0.15, 0.2) is 53.4 Å². The normalized spacial score (nSPS) is 15.9. The maximum atomic E-state index is 13.1. The van der Waals surface area contributed by atoms with Crippen LogP contribution in [0.3, 0.4) is 0 Å². The SMILES string of the molecule is CCCS(=O)(=O)Nc1ccc(NC(=O)C2CCN(S(=O)(=O)c3ccc(F)cc3)CC2)cc1. The van der Waals surface area contributed by atoms with E-state index in [1.807, 2.05) is 0 Å². The largest absolute Gasteiger partial charge is 0.326 e. The average Bonchev–Trinajstić information content (AvgIpc) is 2.75. The van der Waals surface area contributed by atoms with Crippen molar-refractivity contribution < 1.29 is 26.0 Å². The number of benzene rings is 2. The van der Waals surface area contributed by atoms with Crippen molar-refractivity contribution in [3.8, 4) is 0 Å². The number of nitrogens with zero attached hydrogens (tertiary/aromatic N) is 1. The van der Waals surface area contributed by atoms with Crippen molar-refractivity contribution in [3.05, 3.63) is 54.3 Å². The lowest BCUT2D eigenvalue weighted by atomic mass is 9.97. The first kappa shape index (κ1) is 24.1. The molecular weight excluding hydrogens is 457 g/mol. The van der Waals surface area contributed by atoms with Gasteiger partial charge in [-0.2, -0.15) is 4.31 Å². The van der Waals surface area contributed by atoms with Gasteiger partial charge in [0.05, 0.1) is 10.6 Å². The molecule has 0 atom stereocenters. The molecular formula is C21H26FN3O5S2. The summed E-state index contributed by atoms with van der Waals surface area (Å²) < 4.78 is 65.9. The second kappa shape index (κ2) is 9.97. The van der Waals surface area contributed by atoms with E-state index in [4.69, 9.17) is 0 Å². The number of hydrogen-bond acceptors (Lipinski definition) is 5. The molecule has 0 radical (unpaired) electrons. The Hall–Kier alpha value is -2.50. The van der Waals surface area contributed by atoms with Crippen molar-refractivity contribution in [2.24, 2.45) is 5.92 Å². The summed E-state index contributed by atoms with van der Waals surface area (Å²) in [6.45, 7) is 2.16. The van der Waals surface area contributed by atoms with Crippen LogP contribution in [-0.2, 0) is 24.8 Å². The molecule has 1 saturated heterocycles. The number of carbonyl (C=O) groups excluding carboxylic acids is 1. The zero-order chi connectivity index (χ0) is 23.4. The summed E-state index contributed by atoms with van der Waals surface area (Å²) in [7, 11) is -7.12. The predicted octanol–water partition coefficient (Wildman–Crippen LogP) is 3.02. The van der Waals surface area contributed by atoms with E-state index in [2.05, 4.69) is 10.0 Å². The van der Waals surface area contributed by atoms with Gasteiger partial charge >= 0.3 is 0 Å². The minimum atomic E-state index is -3.73. The Morgan fingerprint density at radius 2 is 1.53 bits per heavy atom. The monoisotopic (exact) mass is 483 g/mol. The van der Waals surface area contributed by atoms with Crippen LogP contribution in [0.5, 0.6) is 0 Å². The smallest absolute Gasteiger partial charge is 0.243 e. The predicted molar refractivity (Wildman–Crippen MR) is 121 cm³/mol. The Morgan fingerprint density at radius 1 is 0.969 bits per heavy atom. The standard InChI is InChI=1S/C21H26FN3O5S2/c1-2-15-31(27,28)24-19-7-5-18(6-8-19)23-21(26)16-11-13-25(14-12-16)32(29,30)20-9-3-17(22)4-10-20/h3-10,16,24H,2,11-15H2,1H3,(H,23,26). The molecule has 1 amide bonds. The van der Waals surface area contributed by atoms with Gasteiger partial charge in [0, 0.05) is 30.4 Å². The highest BCUT2D eigenvalue weighted by atomic mass is 32.2. The highest BCUT2D eigenvalue weighted by Crippen LogP contribution is 2.25. The van der Waals surface area contributed by atoms with E-state index in [0.29, 0.717) is 30.6 Å². The second-order valence-electron chi connectivity index (χ2n) is 7.62. The fourth-order valence-electron chi connectivity index (χ4n) is 3.48. The molecule has 0 bridgehead atoms. The molecule has 11 heteroatoms. The molecule has 0 unspecified atom stereocenters. The van der Waals surface area contributed by atoms with Crippen molar-refractivity contribution in [1.29, 1.82) is 0 Å². The Morgan fingerprint density at radius 3 is 2.09 bits per heavy atom.